The van der Waals surface area contributed by atoms with Crippen molar-refractivity contribution in [1.29, 1.82) is 0 Å². The first-order valence-corrected chi connectivity index (χ1v) is 7.45. The van der Waals surface area contributed by atoms with E-state index < -0.39 is 15.2 Å². The van der Waals surface area contributed by atoms with Crippen LogP contribution in [0.3, 0.4) is 0 Å². The minimum absolute atomic E-state index is 0.326. The molecule has 0 amide bonds. The van der Waals surface area contributed by atoms with E-state index in [4.69, 9.17) is 23.2 Å². The van der Waals surface area contributed by atoms with E-state index in [0.29, 0.717) is 16.4 Å². The van der Waals surface area contributed by atoms with Crippen LogP contribution in [0.1, 0.15) is 0 Å². The largest absolute Gasteiger partial charge is 0.280 e. The molecule has 0 aliphatic carbocycles. The van der Waals surface area contributed by atoms with Crippen LogP contribution in [0.15, 0.2) is 36.7 Å². The Morgan fingerprint density at radius 1 is 1.33 bits per heavy atom. The molecule has 2 rings (SSSR count). The third-order valence-corrected chi connectivity index (χ3v) is 4.11. The van der Waals surface area contributed by atoms with Gasteiger partial charge in [-0.2, -0.15) is 5.10 Å². The number of nitrogens with one attached hydrogen (secondary N) is 1. The second kappa shape index (κ2) is 5.17. The van der Waals surface area contributed by atoms with Gasteiger partial charge in [0.05, 0.1) is 10.7 Å². The molecule has 8 heteroatoms. The van der Waals surface area contributed by atoms with Crippen LogP contribution in [0.2, 0.25) is 5.02 Å². The Balaban J connectivity index is 2.52. The predicted octanol–water partition coefficient (Wildman–Crippen LogP) is 2.46. The third-order valence-electron chi connectivity index (χ3n) is 2.13. The smallest absolute Gasteiger partial charge is 0.246 e. The summed E-state index contributed by atoms with van der Waals surface area (Å²) in [6, 6.07) is 6.59. The summed E-state index contributed by atoms with van der Waals surface area (Å²) in [4.78, 5) is 0. The normalized spacial score (nSPS) is 11.4. The van der Waals surface area contributed by atoms with Gasteiger partial charge in [0.2, 0.25) is 10.0 Å². The molecule has 1 aromatic carbocycles. The van der Waals surface area contributed by atoms with Crippen LogP contribution in [0.4, 0.5) is 5.69 Å². The molecule has 0 saturated heterocycles. The minimum atomic E-state index is -3.59. The van der Waals surface area contributed by atoms with Crippen molar-refractivity contribution in [2.45, 2.75) is 0 Å². The van der Waals surface area contributed by atoms with Gasteiger partial charge in [-0.15, -0.1) is 11.6 Å². The van der Waals surface area contributed by atoms with E-state index in [1.807, 2.05) is 0 Å². The lowest BCUT2D eigenvalue weighted by molar-refractivity contribution is 0.605. The van der Waals surface area contributed by atoms with Gasteiger partial charge in [-0.25, -0.2) is 13.1 Å². The average molecular weight is 306 g/mol. The summed E-state index contributed by atoms with van der Waals surface area (Å²) >= 11 is 11.4. The fourth-order valence-electron chi connectivity index (χ4n) is 1.43. The Morgan fingerprint density at radius 2 is 2.11 bits per heavy atom. The molecule has 1 aromatic heterocycles. The Labute approximate surface area is 114 Å². The number of hydrogen-bond acceptors (Lipinski definition) is 3. The molecule has 0 saturated carbocycles. The molecule has 18 heavy (non-hydrogen) atoms. The predicted molar refractivity (Wildman–Crippen MR) is 71.8 cm³/mol. The van der Waals surface area contributed by atoms with E-state index in [1.54, 1.807) is 36.7 Å². The molecular formula is C10H9Cl2N3O2S. The lowest BCUT2D eigenvalue weighted by atomic mass is 10.3. The number of rotatable bonds is 4. The molecule has 0 spiro atoms. The number of para-hydroxylation sites is 1. The maximum absolute atomic E-state index is 11.5. The van der Waals surface area contributed by atoms with Crippen molar-refractivity contribution in [2.24, 2.45) is 0 Å². The highest BCUT2D eigenvalue weighted by molar-refractivity contribution is 7.93. The second-order valence-electron chi connectivity index (χ2n) is 3.41. The highest BCUT2D eigenvalue weighted by atomic mass is 35.5. The van der Waals surface area contributed by atoms with Gasteiger partial charge in [-0.05, 0) is 18.2 Å². The zero-order chi connectivity index (χ0) is 13.2. The number of hydrogen-bond donors (Lipinski definition) is 1. The SMILES string of the molecule is O=S(=O)(CCl)Nc1cccc(Cl)c1-n1cccn1. The third kappa shape index (κ3) is 2.77. The number of alkyl halides is 1. The summed E-state index contributed by atoms with van der Waals surface area (Å²) < 4.78 is 26.8. The fraction of sp³-hybridized carbons (Fsp3) is 0.100. The van der Waals surface area contributed by atoms with Crippen molar-refractivity contribution in [2.75, 3.05) is 9.93 Å². The van der Waals surface area contributed by atoms with E-state index in [9.17, 15) is 8.42 Å². The summed E-state index contributed by atoms with van der Waals surface area (Å²) in [7, 11) is -3.59. The summed E-state index contributed by atoms with van der Waals surface area (Å²) in [5.41, 5.74) is 0.782. The van der Waals surface area contributed by atoms with Crippen molar-refractivity contribution in [3.63, 3.8) is 0 Å². The Morgan fingerprint density at radius 3 is 2.72 bits per heavy atom. The number of nitrogens with zero attached hydrogens (tertiary/aromatic N) is 2. The molecule has 0 aliphatic rings. The molecule has 0 fully saturated rings. The monoisotopic (exact) mass is 305 g/mol. The summed E-state index contributed by atoms with van der Waals surface area (Å²) in [5, 5.41) is 3.88. The summed E-state index contributed by atoms with van der Waals surface area (Å²) in [6.45, 7) is 0. The number of aromatic nitrogens is 2. The van der Waals surface area contributed by atoms with Crippen molar-refractivity contribution in [3.8, 4) is 5.69 Å². The van der Waals surface area contributed by atoms with Gasteiger partial charge in [-0.1, -0.05) is 17.7 Å². The van der Waals surface area contributed by atoms with Gasteiger partial charge in [-0.3, -0.25) is 4.72 Å². The Bertz CT molecular complexity index is 641. The molecule has 2 aromatic rings. The number of benzene rings is 1. The van der Waals surface area contributed by atoms with Crippen molar-refractivity contribution in [3.05, 3.63) is 41.7 Å². The maximum Gasteiger partial charge on any atom is 0.246 e. The van der Waals surface area contributed by atoms with E-state index >= 15 is 0 Å². The molecule has 5 nitrogen and oxygen atoms in total. The first kappa shape index (κ1) is 13.2. The number of anilines is 1. The van der Waals surface area contributed by atoms with Crippen LogP contribution in [0.25, 0.3) is 5.69 Å². The number of sulfonamides is 1. The molecule has 0 atom stereocenters. The number of halogens is 2. The van der Waals surface area contributed by atoms with Crippen molar-refractivity contribution in [1.82, 2.24) is 9.78 Å². The van der Waals surface area contributed by atoms with Crippen molar-refractivity contribution >= 4 is 38.9 Å². The summed E-state index contributed by atoms with van der Waals surface area (Å²) in [6.07, 6.45) is 3.24. The molecule has 0 unspecified atom stereocenters. The highest BCUT2D eigenvalue weighted by Crippen LogP contribution is 2.28. The Kier molecular flexibility index (Phi) is 3.79. The molecule has 96 valence electrons. The molecule has 1 N–H and O–H groups in total. The van der Waals surface area contributed by atoms with Crippen molar-refractivity contribution < 1.29 is 8.42 Å². The van der Waals surface area contributed by atoms with E-state index in [2.05, 4.69) is 9.82 Å². The van der Waals surface area contributed by atoms with Crippen LogP contribution in [-0.2, 0) is 10.0 Å². The first-order chi connectivity index (χ1) is 8.53. The minimum Gasteiger partial charge on any atom is -0.280 e. The standard InChI is InChI=1S/C10H9Cl2N3O2S/c11-7-18(16,17)14-9-4-1-3-8(12)10(9)15-6-2-5-13-15/h1-6,14H,7H2. The van der Waals surface area contributed by atoms with Gasteiger partial charge in [0, 0.05) is 12.4 Å². The lowest BCUT2D eigenvalue weighted by Crippen LogP contribution is -2.15. The topological polar surface area (TPSA) is 64.0 Å². The van der Waals surface area contributed by atoms with Gasteiger partial charge in [0.1, 0.15) is 10.9 Å². The molecule has 1 heterocycles. The van der Waals surface area contributed by atoms with Gasteiger partial charge in [0.25, 0.3) is 0 Å². The molecule has 0 bridgehead atoms. The van der Waals surface area contributed by atoms with E-state index in [0.717, 1.165) is 0 Å². The zero-order valence-electron chi connectivity index (χ0n) is 9.05. The zero-order valence-corrected chi connectivity index (χ0v) is 11.4. The second-order valence-corrected chi connectivity index (χ2v) is 6.13. The van der Waals surface area contributed by atoms with Gasteiger partial charge < -0.3 is 0 Å². The molecule has 0 aliphatic heterocycles. The summed E-state index contributed by atoms with van der Waals surface area (Å²) in [5.74, 6) is 0. The molecular weight excluding hydrogens is 297 g/mol. The molecule has 0 radical (unpaired) electrons. The quantitative estimate of drug-likeness (QED) is 0.883. The Hall–Kier alpha value is -1.24. The van der Waals surface area contributed by atoms with Crippen LogP contribution < -0.4 is 4.72 Å². The van der Waals surface area contributed by atoms with Crippen LogP contribution in [-0.4, -0.2) is 23.4 Å². The highest BCUT2D eigenvalue weighted by Gasteiger charge is 2.15. The van der Waals surface area contributed by atoms with Crippen LogP contribution in [0, 0.1) is 0 Å². The first-order valence-electron chi connectivity index (χ1n) is 4.88. The lowest BCUT2D eigenvalue weighted by Gasteiger charge is -2.12. The van der Waals surface area contributed by atoms with E-state index in [-0.39, 0.29) is 0 Å². The fourth-order valence-corrected chi connectivity index (χ4v) is 2.41. The average Bonchev–Trinajstić information content (AvgIpc) is 2.82. The van der Waals surface area contributed by atoms with Crippen LogP contribution >= 0.6 is 23.2 Å². The van der Waals surface area contributed by atoms with Gasteiger partial charge >= 0.3 is 0 Å². The van der Waals surface area contributed by atoms with E-state index in [1.165, 1.54) is 4.68 Å². The van der Waals surface area contributed by atoms with Crippen LogP contribution in [0.5, 0.6) is 0 Å². The maximum atomic E-state index is 11.5. The van der Waals surface area contributed by atoms with Gasteiger partial charge in [0.15, 0.2) is 0 Å².